The van der Waals surface area contributed by atoms with Gasteiger partial charge >= 0.3 is 0 Å². The van der Waals surface area contributed by atoms with E-state index in [1.165, 1.54) is 14.2 Å². The lowest BCUT2D eigenvalue weighted by molar-refractivity contribution is -0.0679. The van der Waals surface area contributed by atoms with Gasteiger partial charge in [-0.3, -0.25) is 4.79 Å². The fraction of sp³-hybridized carbons (Fsp3) is 0.533. The van der Waals surface area contributed by atoms with Crippen molar-refractivity contribution in [3.05, 3.63) is 17.7 Å². The van der Waals surface area contributed by atoms with Crippen molar-refractivity contribution >= 4 is 11.6 Å². The summed E-state index contributed by atoms with van der Waals surface area (Å²) in [4.78, 5) is 12.3. The van der Waals surface area contributed by atoms with Crippen LogP contribution in [0.25, 0.3) is 0 Å². The summed E-state index contributed by atoms with van der Waals surface area (Å²) < 4.78 is 15.8. The standard InChI is InChI=1S/C15H22N2O4/c1-19-12-7-10(11(16)8-13(12)20-2)14(18)17-9-15(21-3)5-4-6-15/h7-8H,4-6,9,16H2,1-3H3,(H,17,18). The third-order valence-corrected chi connectivity index (χ3v) is 4.07. The molecule has 0 radical (unpaired) electrons. The Morgan fingerprint density at radius 1 is 1.24 bits per heavy atom. The van der Waals surface area contributed by atoms with Crippen LogP contribution < -0.4 is 20.5 Å². The number of rotatable bonds is 6. The van der Waals surface area contributed by atoms with Crippen molar-refractivity contribution in [2.75, 3.05) is 33.6 Å². The first-order valence-corrected chi connectivity index (χ1v) is 6.90. The molecule has 116 valence electrons. The molecular weight excluding hydrogens is 272 g/mol. The van der Waals surface area contributed by atoms with E-state index in [9.17, 15) is 4.79 Å². The summed E-state index contributed by atoms with van der Waals surface area (Å²) in [6, 6.07) is 3.17. The molecule has 0 saturated heterocycles. The Bertz CT molecular complexity index is 521. The second-order valence-corrected chi connectivity index (χ2v) is 5.22. The Hall–Kier alpha value is -1.95. The molecule has 6 nitrogen and oxygen atoms in total. The number of nitrogen functional groups attached to an aromatic ring is 1. The molecule has 1 aliphatic carbocycles. The highest BCUT2D eigenvalue weighted by molar-refractivity contribution is 6.00. The predicted octanol–water partition coefficient (Wildman–Crippen LogP) is 1.58. The van der Waals surface area contributed by atoms with Gasteiger partial charge in [0.05, 0.1) is 25.4 Å². The van der Waals surface area contributed by atoms with E-state index < -0.39 is 0 Å². The summed E-state index contributed by atoms with van der Waals surface area (Å²) >= 11 is 0. The summed E-state index contributed by atoms with van der Waals surface area (Å²) in [6.07, 6.45) is 3.05. The van der Waals surface area contributed by atoms with E-state index >= 15 is 0 Å². The van der Waals surface area contributed by atoms with Crippen molar-refractivity contribution in [1.29, 1.82) is 0 Å². The molecule has 3 N–H and O–H groups in total. The fourth-order valence-corrected chi connectivity index (χ4v) is 2.45. The van der Waals surface area contributed by atoms with E-state index in [0.29, 0.717) is 29.3 Å². The Kier molecular flexibility index (Phi) is 4.57. The molecule has 1 aromatic carbocycles. The minimum absolute atomic E-state index is 0.221. The largest absolute Gasteiger partial charge is 0.493 e. The van der Waals surface area contributed by atoms with Gasteiger partial charge in [0.1, 0.15) is 0 Å². The van der Waals surface area contributed by atoms with Crippen LogP contribution in [0.5, 0.6) is 11.5 Å². The number of ether oxygens (including phenoxy) is 3. The van der Waals surface area contributed by atoms with Crippen LogP contribution in [0, 0.1) is 0 Å². The Morgan fingerprint density at radius 3 is 2.33 bits per heavy atom. The van der Waals surface area contributed by atoms with Crippen LogP contribution in [-0.2, 0) is 4.74 Å². The van der Waals surface area contributed by atoms with Crippen LogP contribution >= 0.6 is 0 Å². The van der Waals surface area contributed by atoms with Gasteiger partial charge in [-0.15, -0.1) is 0 Å². The minimum atomic E-state index is -0.239. The van der Waals surface area contributed by atoms with Gasteiger partial charge in [0.2, 0.25) is 0 Å². The molecule has 0 aliphatic heterocycles. The van der Waals surface area contributed by atoms with Gasteiger partial charge in [-0.25, -0.2) is 0 Å². The van der Waals surface area contributed by atoms with E-state index in [1.54, 1.807) is 19.2 Å². The predicted molar refractivity (Wildman–Crippen MR) is 79.9 cm³/mol. The molecule has 0 spiro atoms. The third kappa shape index (κ3) is 3.05. The van der Waals surface area contributed by atoms with Gasteiger partial charge in [0.15, 0.2) is 11.5 Å². The normalized spacial score (nSPS) is 16.0. The molecule has 0 atom stereocenters. The molecule has 1 fully saturated rings. The number of carbonyl (C=O) groups excluding carboxylic acids is 1. The number of methoxy groups -OCH3 is 3. The average Bonchev–Trinajstić information content (AvgIpc) is 2.45. The van der Waals surface area contributed by atoms with Crippen molar-refractivity contribution in [3.8, 4) is 11.5 Å². The van der Waals surface area contributed by atoms with Crippen molar-refractivity contribution in [2.24, 2.45) is 0 Å². The zero-order valence-corrected chi connectivity index (χ0v) is 12.7. The molecular formula is C15H22N2O4. The average molecular weight is 294 g/mol. The highest BCUT2D eigenvalue weighted by Crippen LogP contribution is 2.35. The lowest BCUT2D eigenvalue weighted by Gasteiger charge is -2.40. The lowest BCUT2D eigenvalue weighted by Crippen LogP contribution is -2.49. The maximum atomic E-state index is 12.3. The zero-order chi connectivity index (χ0) is 15.5. The first-order chi connectivity index (χ1) is 10.0. The molecule has 21 heavy (non-hydrogen) atoms. The highest BCUT2D eigenvalue weighted by atomic mass is 16.5. The summed E-state index contributed by atoms with van der Waals surface area (Å²) in [7, 11) is 4.72. The summed E-state index contributed by atoms with van der Waals surface area (Å²) in [5, 5.41) is 2.88. The first-order valence-electron chi connectivity index (χ1n) is 6.90. The topological polar surface area (TPSA) is 82.8 Å². The Balaban J connectivity index is 2.11. The zero-order valence-electron chi connectivity index (χ0n) is 12.7. The van der Waals surface area contributed by atoms with Gasteiger partial charge in [-0.1, -0.05) is 0 Å². The van der Waals surface area contributed by atoms with Gasteiger partial charge in [-0.2, -0.15) is 0 Å². The van der Waals surface area contributed by atoms with Gasteiger partial charge in [-0.05, 0) is 25.3 Å². The van der Waals surface area contributed by atoms with Crippen LogP contribution in [0.3, 0.4) is 0 Å². The summed E-state index contributed by atoms with van der Waals surface area (Å²) in [5.41, 5.74) is 6.42. The number of anilines is 1. The van der Waals surface area contributed by atoms with E-state index in [2.05, 4.69) is 5.32 Å². The van der Waals surface area contributed by atoms with Crippen LogP contribution in [0.4, 0.5) is 5.69 Å². The van der Waals surface area contributed by atoms with Gasteiger partial charge < -0.3 is 25.3 Å². The molecule has 0 unspecified atom stereocenters. The maximum absolute atomic E-state index is 12.3. The van der Waals surface area contributed by atoms with E-state index in [1.807, 2.05) is 0 Å². The Labute approximate surface area is 124 Å². The maximum Gasteiger partial charge on any atom is 0.253 e. The number of hydrogen-bond acceptors (Lipinski definition) is 5. The number of benzene rings is 1. The summed E-state index contributed by atoms with van der Waals surface area (Å²) in [6.45, 7) is 0.482. The van der Waals surface area contributed by atoms with Crippen LogP contribution in [0.15, 0.2) is 12.1 Å². The molecule has 0 heterocycles. The van der Waals surface area contributed by atoms with Crippen molar-refractivity contribution in [2.45, 2.75) is 24.9 Å². The minimum Gasteiger partial charge on any atom is -0.493 e. The van der Waals surface area contributed by atoms with Gasteiger partial charge in [0, 0.05) is 25.4 Å². The number of nitrogens with one attached hydrogen (secondary N) is 1. The SMILES string of the molecule is COc1cc(N)c(C(=O)NCC2(OC)CCC2)cc1OC. The van der Waals surface area contributed by atoms with Crippen LogP contribution in [0.2, 0.25) is 0 Å². The number of amides is 1. The molecule has 1 amide bonds. The van der Waals surface area contributed by atoms with E-state index in [0.717, 1.165) is 19.3 Å². The fourth-order valence-electron chi connectivity index (χ4n) is 2.45. The molecule has 1 aliphatic rings. The molecule has 0 aromatic heterocycles. The second-order valence-electron chi connectivity index (χ2n) is 5.22. The lowest BCUT2D eigenvalue weighted by atomic mass is 9.80. The van der Waals surface area contributed by atoms with Crippen molar-refractivity contribution in [3.63, 3.8) is 0 Å². The molecule has 0 bridgehead atoms. The Morgan fingerprint density at radius 2 is 1.86 bits per heavy atom. The van der Waals surface area contributed by atoms with E-state index in [4.69, 9.17) is 19.9 Å². The summed E-state index contributed by atoms with van der Waals surface area (Å²) in [5.74, 6) is 0.734. The smallest absolute Gasteiger partial charge is 0.253 e. The number of carbonyl (C=O) groups is 1. The van der Waals surface area contributed by atoms with Crippen molar-refractivity contribution < 1.29 is 19.0 Å². The first kappa shape index (κ1) is 15.4. The highest BCUT2D eigenvalue weighted by Gasteiger charge is 2.37. The third-order valence-electron chi connectivity index (χ3n) is 4.07. The number of hydrogen-bond donors (Lipinski definition) is 2. The molecule has 6 heteroatoms. The number of nitrogens with two attached hydrogens (primary N) is 1. The van der Waals surface area contributed by atoms with Gasteiger partial charge in [0.25, 0.3) is 5.91 Å². The molecule has 2 rings (SSSR count). The van der Waals surface area contributed by atoms with Crippen LogP contribution in [0.1, 0.15) is 29.6 Å². The van der Waals surface area contributed by atoms with Crippen molar-refractivity contribution in [1.82, 2.24) is 5.32 Å². The van der Waals surface area contributed by atoms with E-state index in [-0.39, 0.29) is 11.5 Å². The quantitative estimate of drug-likeness (QED) is 0.778. The monoisotopic (exact) mass is 294 g/mol. The van der Waals surface area contributed by atoms with Crippen LogP contribution in [-0.4, -0.2) is 39.4 Å². The molecule has 1 saturated carbocycles. The molecule has 1 aromatic rings. The second kappa shape index (κ2) is 6.22.